The number of hydrogen-bond donors (Lipinski definition) is 0. The zero-order valence-corrected chi connectivity index (χ0v) is 9.79. The number of terminal acetylenes is 1. The quantitative estimate of drug-likeness (QED) is 0.764. The fourth-order valence-electron chi connectivity index (χ4n) is 1.84. The molecule has 0 aromatic heterocycles. The van der Waals surface area contributed by atoms with E-state index in [0.29, 0.717) is 12.5 Å². The number of benzene rings is 1. The van der Waals surface area contributed by atoms with Gasteiger partial charge in [-0.2, -0.15) is 5.26 Å². The van der Waals surface area contributed by atoms with Crippen LogP contribution in [0.25, 0.3) is 0 Å². The summed E-state index contributed by atoms with van der Waals surface area (Å²) in [6.45, 7) is 0.866. The molecule has 4 heteroatoms. The van der Waals surface area contributed by atoms with Crippen LogP contribution in [0.3, 0.4) is 0 Å². The lowest BCUT2D eigenvalue weighted by Crippen LogP contribution is -2.27. The van der Waals surface area contributed by atoms with Crippen molar-refractivity contribution in [2.24, 2.45) is 5.92 Å². The van der Waals surface area contributed by atoms with Crippen LogP contribution in [0.15, 0.2) is 12.1 Å². The number of rotatable bonds is 4. The minimum atomic E-state index is -1.10. The Balaban J connectivity index is 2.32. The first-order valence-electron chi connectivity index (χ1n) is 5.74. The summed E-state index contributed by atoms with van der Waals surface area (Å²) >= 11 is 0. The average Bonchev–Trinajstić information content (AvgIpc) is 3.16. The number of hydrogen-bond acceptors (Lipinski definition) is 2. The molecule has 0 bridgehead atoms. The molecule has 0 amide bonds. The Labute approximate surface area is 105 Å². The normalized spacial score (nSPS) is 13.8. The second-order valence-corrected chi connectivity index (χ2v) is 4.40. The predicted octanol–water partition coefficient (Wildman–Crippen LogP) is 2.69. The Morgan fingerprint density at radius 1 is 1.33 bits per heavy atom. The molecule has 0 N–H and O–H groups in total. The van der Waals surface area contributed by atoms with Gasteiger partial charge in [0, 0.05) is 6.54 Å². The van der Waals surface area contributed by atoms with Crippen LogP contribution < -0.4 is 4.90 Å². The summed E-state index contributed by atoms with van der Waals surface area (Å²) in [7, 11) is 0. The third-order valence-electron chi connectivity index (χ3n) is 2.98. The summed E-state index contributed by atoms with van der Waals surface area (Å²) in [6, 6.07) is 4.31. The van der Waals surface area contributed by atoms with Crippen molar-refractivity contribution in [3.05, 3.63) is 29.3 Å². The SMILES string of the molecule is C#CCN(CC1CC1)c1ccc(C#N)c(F)c1F. The monoisotopic (exact) mass is 246 g/mol. The van der Waals surface area contributed by atoms with Crippen molar-refractivity contribution in [3.8, 4) is 18.4 Å². The van der Waals surface area contributed by atoms with E-state index in [0.717, 1.165) is 12.8 Å². The zero-order chi connectivity index (χ0) is 13.1. The van der Waals surface area contributed by atoms with Gasteiger partial charge in [0.25, 0.3) is 0 Å². The maximum atomic E-state index is 13.9. The topological polar surface area (TPSA) is 27.0 Å². The molecule has 2 nitrogen and oxygen atoms in total. The molecule has 1 aromatic carbocycles. The zero-order valence-electron chi connectivity index (χ0n) is 9.79. The Hall–Kier alpha value is -2.07. The van der Waals surface area contributed by atoms with Gasteiger partial charge < -0.3 is 4.90 Å². The van der Waals surface area contributed by atoms with E-state index in [1.165, 1.54) is 12.1 Å². The summed E-state index contributed by atoms with van der Waals surface area (Å²) in [5.74, 6) is 0.858. The summed E-state index contributed by atoms with van der Waals surface area (Å²) in [6.07, 6.45) is 7.44. The van der Waals surface area contributed by atoms with Crippen LogP contribution >= 0.6 is 0 Å². The fraction of sp³-hybridized carbons (Fsp3) is 0.357. The van der Waals surface area contributed by atoms with Gasteiger partial charge in [0.1, 0.15) is 6.07 Å². The lowest BCUT2D eigenvalue weighted by Gasteiger charge is -2.23. The lowest BCUT2D eigenvalue weighted by atomic mass is 10.1. The highest BCUT2D eigenvalue weighted by atomic mass is 19.2. The van der Waals surface area contributed by atoms with E-state index in [1.807, 2.05) is 0 Å². The van der Waals surface area contributed by atoms with Crippen LogP contribution in [-0.2, 0) is 0 Å². The number of nitriles is 1. The van der Waals surface area contributed by atoms with Crippen molar-refractivity contribution in [1.29, 1.82) is 5.26 Å². The molecule has 0 aliphatic heterocycles. The Morgan fingerprint density at radius 2 is 2.06 bits per heavy atom. The van der Waals surface area contributed by atoms with Gasteiger partial charge in [-0.05, 0) is 30.9 Å². The second-order valence-electron chi connectivity index (χ2n) is 4.40. The summed E-state index contributed by atoms with van der Waals surface area (Å²) < 4.78 is 27.4. The van der Waals surface area contributed by atoms with E-state index >= 15 is 0 Å². The van der Waals surface area contributed by atoms with Crippen molar-refractivity contribution in [1.82, 2.24) is 0 Å². The average molecular weight is 246 g/mol. The van der Waals surface area contributed by atoms with Crippen LogP contribution in [-0.4, -0.2) is 13.1 Å². The minimum absolute atomic E-state index is 0.136. The van der Waals surface area contributed by atoms with E-state index in [1.54, 1.807) is 11.0 Å². The highest BCUT2D eigenvalue weighted by Gasteiger charge is 2.26. The summed E-state index contributed by atoms with van der Waals surface area (Å²) in [4.78, 5) is 1.65. The minimum Gasteiger partial charge on any atom is -0.358 e. The molecule has 0 spiro atoms. The van der Waals surface area contributed by atoms with Gasteiger partial charge in [-0.1, -0.05) is 5.92 Å². The van der Waals surface area contributed by atoms with E-state index in [9.17, 15) is 8.78 Å². The van der Waals surface area contributed by atoms with E-state index < -0.39 is 11.6 Å². The van der Waals surface area contributed by atoms with Gasteiger partial charge >= 0.3 is 0 Å². The van der Waals surface area contributed by atoms with Crippen molar-refractivity contribution >= 4 is 5.69 Å². The molecule has 18 heavy (non-hydrogen) atoms. The molecule has 2 rings (SSSR count). The first-order valence-corrected chi connectivity index (χ1v) is 5.74. The second kappa shape index (κ2) is 5.06. The molecular weight excluding hydrogens is 234 g/mol. The molecule has 1 aromatic rings. The van der Waals surface area contributed by atoms with Crippen molar-refractivity contribution in [3.63, 3.8) is 0 Å². The number of nitrogens with zero attached hydrogens (tertiary/aromatic N) is 2. The standard InChI is InChI=1S/C14H12F2N2/c1-2-7-18(9-10-3-4-10)12-6-5-11(8-17)13(15)14(12)16/h1,5-6,10H,3-4,7,9H2. The molecule has 0 unspecified atom stereocenters. The van der Waals surface area contributed by atoms with Gasteiger partial charge in [-0.25, -0.2) is 8.78 Å². The lowest BCUT2D eigenvalue weighted by molar-refractivity contribution is 0.504. The van der Waals surface area contributed by atoms with Gasteiger partial charge in [0.15, 0.2) is 11.6 Å². The maximum absolute atomic E-state index is 13.9. The van der Waals surface area contributed by atoms with Crippen molar-refractivity contribution in [2.45, 2.75) is 12.8 Å². The molecule has 0 saturated heterocycles. The molecular formula is C14H12F2N2. The van der Waals surface area contributed by atoms with Crippen LogP contribution in [0, 0.1) is 41.2 Å². The van der Waals surface area contributed by atoms with Crippen LogP contribution in [0.5, 0.6) is 0 Å². The largest absolute Gasteiger partial charge is 0.358 e. The van der Waals surface area contributed by atoms with E-state index in [-0.39, 0.29) is 17.8 Å². The summed E-state index contributed by atoms with van der Waals surface area (Å²) in [5, 5.41) is 8.63. The molecule has 0 radical (unpaired) electrons. The molecule has 92 valence electrons. The molecule has 0 heterocycles. The van der Waals surface area contributed by atoms with Gasteiger partial charge in [0.05, 0.1) is 17.8 Å². The van der Waals surface area contributed by atoms with Crippen LogP contribution in [0.2, 0.25) is 0 Å². The van der Waals surface area contributed by atoms with Gasteiger partial charge in [0.2, 0.25) is 0 Å². The molecule has 1 saturated carbocycles. The Kier molecular flexibility index (Phi) is 3.48. The predicted molar refractivity (Wildman–Crippen MR) is 64.8 cm³/mol. The van der Waals surface area contributed by atoms with Crippen molar-refractivity contribution in [2.75, 3.05) is 18.0 Å². The van der Waals surface area contributed by atoms with E-state index in [2.05, 4.69) is 5.92 Å². The van der Waals surface area contributed by atoms with E-state index in [4.69, 9.17) is 11.7 Å². The highest BCUT2D eigenvalue weighted by molar-refractivity contribution is 5.53. The first kappa shape index (κ1) is 12.4. The summed E-state index contributed by atoms with van der Waals surface area (Å²) in [5.41, 5.74) is -0.153. The first-order chi connectivity index (χ1) is 8.67. The van der Waals surface area contributed by atoms with Gasteiger partial charge in [-0.15, -0.1) is 6.42 Å². The fourth-order valence-corrected chi connectivity index (χ4v) is 1.84. The highest BCUT2D eigenvalue weighted by Crippen LogP contribution is 2.32. The van der Waals surface area contributed by atoms with Crippen LogP contribution in [0.1, 0.15) is 18.4 Å². The third-order valence-corrected chi connectivity index (χ3v) is 2.98. The molecule has 1 aliphatic rings. The van der Waals surface area contributed by atoms with Crippen LogP contribution in [0.4, 0.5) is 14.5 Å². The van der Waals surface area contributed by atoms with Crippen molar-refractivity contribution < 1.29 is 8.78 Å². The molecule has 0 atom stereocenters. The molecule has 1 fully saturated rings. The Morgan fingerprint density at radius 3 is 2.61 bits per heavy atom. The smallest absolute Gasteiger partial charge is 0.183 e. The Bertz CT molecular complexity index is 536. The molecule has 1 aliphatic carbocycles. The third kappa shape index (κ3) is 2.43. The van der Waals surface area contributed by atoms with Gasteiger partial charge in [-0.3, -0.25) is 0 Å². The maximum Gasteiger partial charge on any atom is 0.183 e. The number of halogens is 2. The number of anilines is 1.